The van der Waals surface area contributed by atoms with Gasteiger partial charge in [-0.25, -0.2) is 4.79 Å². The zero-order valence-electron chi connectivity index (χ0n) is 12.5. The van der Waals surface area contributed by atoms with Crippen molar-refractivity contribution in [2.24, 2.45) is 0 Å². The number of hydrogen-bond donors (Lipinski definition) is 2. The van der Waals surface area contributed by atoms with Gasteiger partial charge >= 0.3 is 5.97 Å². The van der Waals surface area contributed by atoms with E-state index in [2.05, 4.69) is 10.1 Å². The molecule has 5 heteroatoms. The van der Waals surface area contributed by atoms with Crippen molar-refractivity contribution in [3.63, 3.8) is 0 Å². The van der Waals surface area contributed by atoms with E-state index in [4.69, 9.17) is 4.74 Å². The summed E-state index contributed by atoms with van der Waals surface area (Å²) >= 11 is 0. The van der Waals surface area contributed by atoms with E-state index < -0.39 is 6.10 Å². The molecule has 0 aliphatic heterocycles. The van der Waals surface area contributed by atoms with Crippen LogP contribution >= 0.6 is 0 Å². The molecule has 0 spiro atoms. The number of methoxy groups -OCH3 is 1. The molecule has 0 radical (unpaired) electrons. The van der Waals surface area contributed by atoms with Gasteiger partial charge in [0.1, 0.15) is 18.5 Å². The summed E-state index contributed by atoms with van der Waals surface area (Å²) in [6.07, 6.45) is -0.588. The zero-order chi connectivity index (χ0) is 15.2. The van der Waals surface area contributed by atoms with Crippen molar-refractivity contribution in [1.82, 2.24) is 5.32 Å². The average Bonchev–Trinajstić information content (AvgIpc) is 2.41. The molecule has 0 unspecified atom stereocenters. The quantitative estimate of drug-likeness (QED) is 0.775. The van der Waals surface area contributed by atoms with Crippen LogP contribution in [-0.2, 0) is 4.74 Å². The molecule has 0 saturated heterocycles. The SMILES string of the molecule is COC(=O)c1ccc(OC[C@H](O)CNC(C)(C)C)cc1. The van der Waals surface area contributed by atoms with Gasteiger partial charge in [0, 0.05) is 12.1 Å². The van der Waals surface area contributed by atoms with Crippen LogP contribution in [0, 0.1) is 0 Å². The van der Waals surface area contributed by atoms with E-state index in [1.54, 1.807) is 24.3 Å². The Bertz CT molecular complexity index is 422. The van der Waals surface area contributed by atoms with Gasteiger partial charge in [0.25, 0.3) is 0 Å². The van der Waals surface area contributed by atoms with E-state index in [0.29, 0.717) is 17.9 Å². The highest BCUT2D eigenvalue weighted by atomic mass is 16.5. The molecule has 0 amide bonds. The Morgan fingerprint density at radius 1 is 1.30 bits per heavy atom. The molecule has 2 N–H and O–H groups in total. The van der Waals surface area contributed by atoms with Gasteiger partial charge < -0.3 is 19.9 Å². The monoisotopic (exact) mass is 281 g/mol. The van der Waals surface area contributed by atoms with Gasteiger partial charge in [-0.1, -0.05) is 0 Å². The molecule has 0 saturated carbocycles. The average molecular weight is 281 g/mol. The van der Waals surface area contributed by atoms with E-state index in [0.717, 1.165) is 0 Å². The normalized spacial score (nSPS) is 12.8. The summed E-state index contributed by atoms with van der Waals surface area (Å²) in [5.74, 6) is 0.221. The molecule has 0 aromatic heterocycles. The van der Waals surface area contributed by atoms with Gasteiger partial charge in [0.15, 0.2) is 0 Å². The van der Waals surface area contributed by atoms with Crippen molar-refractivity contribution in [1.29, 1.82) is 0 Å². The highest BCUT2D eigenvalue weighted by Crippen LogP contribution is 2.13. The van der Waals surface area contributed by atoms with Crippen LogP contribution in [0.1, 0.15) is 31.1 Å². The molecule has 0 heterocycles. The fourth-order valence-corrected chi connectivity index (χ4v) is 1.48. The third kappa shape index (κ3) is 6.04. The summed E-state index contributed by atoms with van der Waals surface area (Å²) < 4.78 is 10.1. The molecule has 1 atom stereocenters. The standard InChI is InChI=1S/C15H23NO4/c1-15(2,3)16-9-12(17)10-20-13-7-5-11(6-8-13)14(18)19-4/h5-8,12,16-17H,9-10H2,1-4H3/t12-/m1/s1. The highest BCUT2D eigenvalue weighted by Gasteiger charge is 2.12. The summed E-state index contributed by atoms with van der Waals surface area (Å²) in [5.41, 5.74) is 0.429. The Morgan fingerprint density at radius 2 is 1.90 bits per heavy atom. The lowest BCUT2D eigenvalue weighted by atomic mass is 10.1. The number of esters is 1. The van der Waals surface area contributed by atoms with E-state index >= 15 is 0 Å². The number of aliphatic hydroxyl groups excluding tert-OH is 1. The number of β-amino-alcohol motifs (C(OH)–C–C–N with tert-alkyl or cyclic N) is 1. The second kappa shape index (κ2) is 7.26. The van der Waals surface area contributed by atoms with Gasteiger partial charge in [-0.2, -0.15) is 0 Å². The molecule has 20 heavy (non-hydrogen) atoms. The second-order valence-electron chi connectivity index (χ2n) is 5.61. The van der Waals surface area contributed by atoms with E-state index in [1.807, 2.05) is 20.8 Å². The molecule has 0 fully saturated rings. The third-order valence-corrected chi connectivity index (χ3v) is 2.59. The lowest BCUT2D eigenvalue weighted by Gasteiger charge is -2.22. The Balaban J connectivity index is 2.40. The minimum atomic E-state index is -0.588. The summed E-state index contributed by atoms with van der Waals surface area (Å²) in [4.78, 5) is 11.3. The zero-order valence-corrected chi connectivity index (χ0v) is 12.5. The van der Waals surface area contributed by atoms with Crippen molar-refractivity contribution in [2.75, 3.05) is 20.3 Å². The summed E-state index contributed by atoms with van der Waals surface area (Å²) in [5, 5.41) is 13.0. The fourth-order valence-electron chi connectivity index (χ4n) is 1.48. The predicted molar refractivity (Wildman–Crippen MR) is 77.0 cm³/mol. The molecule has 0 bridgehead atoms. The molecular formula is C15H23NO4. The number of hydrogen-bond acceptors (Lipinski definition) is 5. The smallest absolute Gasteiger partial charge is 0.337 e. The van der Waals surface area contributed by atoms with Crippen molar-refractivity contribution < 1.29 is 19.4 Å². The molecule has 112 valence electrons. The van der Waals surface area contributed by atoms with E-state index in [9.17, 15) is 9.90 Å². The number of carbonyl (C=O) groups excluding carboxylic acids is 1. The summed E-state index contributed by atoms with van der Waals surface area (Å²) in [6, 6.07) is 6.61. The molecule has 0 aliphatic carbocycles. The summed E-state index contributed by atoms with van der Waals surface area (Å²) in [6.45, 7) is 6.76. The van der Waals surface area contributed by atoms with Crippen LogP contribution < -0.4 is 10.1 Å². The highest BCUT2D eigenvalue weighted by molar-refractivity contribution is 5.89. The predicted octanol–water partition coefficient (Wildman–Crippen LogP) is 1.60. The number of carbonyl (C=O) groups is 1. The van der Waals surface area contributed by atoms with Gasteiger partial charge in [-0.05, 0) is 45.0 Å². The first-order valence-corrected chi connectivity index (χ1v) is 6.56. The fraction of sp³-hybridized carbons (Fsp3) is 0.533. The second-order valence-corrected chi connectivity index (χ2v) is 5.61. The Morgan fingerprint density at radius 3 is 2.40 bits per heavy atom. The number of aliphatic hydroxyl groups is 1. The Hall–Kier alpha value is -1.59. The van der Waals surface area contributed by atoms with Crippen LogP contribution in [0.2, 0.25) is 0 Å². The van der Waals surface area contributed by atoms with Crippen LogP contribution in [0.3, 0.4) is 0 Å². The summed E-state index contributed by atoms with van der Waals surface area (Å²) in [7, 11) is 1.34. The Labute approximate surface area is 119 Å². The maximum atomic E-state index is 11.3. The molecule has 1 aromatic rings. The molecule has 5 nitrogen and oxygen atoms in total. The van der Waals surface area contributed by atoms with Crippen LogP contribution in [0.4, 0.5) is 0 Å². The first kappa shape index (κ1) is 16.5. The minimum absolute atomic E-state index is 0.0385. The van der Waals surface area contributed by atoms with Crippen molar-refractivity contribution in [2.45, 2.75) is 32.4 Å². The van der Waals surface area contributed by atoms with Crippen LogP contribution in [0.15, 0.2) is 24.3 Å². The molecule has 1 rings (SSSR count). The number of ether oxygens (including phenoxy) is 2. The lowest BCUT2D eigenvalue weighted by molar-refractivity contribution is 0.0600. The number of benzene rings is 1. The molecule has 0 aliphatic rings. The molecule has 1 aromatic carbocycles. The van der Waals surface area contributed by atoms with Gasteiger partial charge in [0.2, 0.25) is 0 Å². The van der Waals surface area contributed by atoms with Gasteiger partial charge in [-0.3, -0.25) is 0 Å². The van der Waals surface area contributed by atoms with Crippen molar-refractivity contribution in [3.05, 3.63) is 29.8 Å². The maximum absolute atomic E-state index is 11.3. The van der Waals surface area contributed by atoms with Gasteiger partial charge in [0.05, 0.1) is 12.7 Å². The number of nitrogens with one attached hydrogen (secondary N) is 1. The van der Waals surface area contributed by atoms with Crippen molar-refractivity contribution in [3.8, 4) is 5.75 Å². The van der Waals surface area contributed by atoms with Crippen LogP contribution in [0.25, 0.3) is 0 Å². The Kier molecular flexibility index (Phi) is 5.98. The lowest BCUT2D eigenvalue weighted by Crippen LogP contribution is -2.42. The number of rotatable bonds is 6. The van der Waals surface area contributed by atoms with E-state index in [1.165, 1.54) is 7.11 Å². The van der Waals surface area contributed by atoms with Gasteiger partial charge in [-0.15, -0.1) is 0 Å². The topological polar surface area (TPSA) is 67.8 Å². The first-order valence-electron chi connectivity index (χ1n) is 6.56. The first-order chi connectivity index (χ1) is 9.31. The maximum Gasteiger partial charge on any atom is 0.337 e. The minimum Gasteiger partial charge on any atom is -0.491 e. The van der Waals surface area contributed by atoms with Crippen LogP contribution in [0.5, 0.6) is 5.75 Å². The van der Waals surface area contributed by atoms with Crippen LogP contribution in [-0.4, -0.2) is 43.0 Å². The largest absolute Gasteiger partial charge is 0.491 e. The molecular weight excluding hydrogens is 258 g/mol. The van der Waals surface area contributed by atoms with E-state index in [-0.39, 0.29) is 18.1 Å². The third-order valence-electron chi connectivity index (χ3n) is 2.59. The van der Waals surface area contributed by atoms with Crippen molar-refractivity contribution >= 4 is 5.97 Å².